The molecule has 3 N–H and O–H groups in total. The Bertz CT molecular complexity index is 480. The smallest absolute Gasteiger partial charge is 0.131 e. The molecule has 0 bridgehead atoms. The van der Waals surface area contributed by atoms with E-state index in [4.69, 9.17) is 5.73 Å². The number of hydrogen-bond acceptors (Lipinski definition) is 3. The number of nitrogens with one attached hydrogen (secondary N) is 1. The van der Waals surface area contributed by atoms with Gasteiger partial charge in [0.2, 0.25) is 0 Å². The van der Waals surface area contributed by atoms with Crippen molar-refractivity contribution in [2.75, 3.05) is 12.3 Å². The summed E-state index contributed by atoms with van der Waals surface area (Å²) in [6.07, 6.45) is 1.13. The summed E-state index contributed by atoms with van der Waals surface area (Å²) in [6, 6.07) is 10.2. The van der Waals surface area contributed by atoms with Crippen LogP contribution in [-0.4, -0.2) is 11.5 Å². The van der Waals surface area contributed by atoms with Crippen molar-refractivity contribution >= 4 is 16.6 Å². The average molecular weight is 215 g/mol. The molecule has 2 rings (SSSR count). The first-order valence-corrected chi connectivity index (χ1v) is 5.66. The number of benzene rings is 1. The Hall–Kier alpha value is -1.61. The van der Waals surface area contributed by atoms with E-state index in [0.717, 1.165) is 36.0 Å². The van der Waals surface area contributed by atoms with Crippen molar-refractivity contribution in [2.45, 2.75) is 19.9 Å². The Kier molecular flexibility index (Phi) is 3.37. The van der Waals surface area contributed by atoms with Gasteiger partial charge in [0.15, 0.2) is 0 Å². The SMILES string of the molecule is CCCNCc1cc2ccccc2c(N)n1. The molecule has 0 aliphatic rings. The van der Waals surface area contributed by atoms with Crippen LogP contribution in [0.4, 0.5) is 5.82 Å². The topological polar surface area (TPSA) is 50.9 Å². The Balaban J connectivity index is 2.27. The number of pyridine rings is 1. The molecule has 0 atom stereocenters. The van der Waals surface area contributed by atoms with E-state index in [1.807, 2.05) is 18.2 Å². The molecule has 1 aromatic heterocycles. The van der Waals surface area contributed by atoms with E-state index in [2.05, 4.69) is 29.4 Å². The minimum atomic E-state index is 0.617. The Labute approximate surface area is 95.7 Å². The van der Waals surface area contributed by atoms with Crippen LogP contribution in [0.5, 0.6) is 0 Å². The van der Waals surface area contributed by atoms with Crippen LogP contribution in [0.3, 0.4) is 0 Å². The van der Waals surface area contributed by atoms with E-state index in [1.165, 1.54) is 0 Å². The highest BCUT2D eigenvalue weighted by Gasteiger charge is 2.01. The van der Waals surface area contributed by atoms with Gasteiger partial charge < -0.3 is 11.1 Å². The molecule has 0 aliphatic carbocycles. The molecule has 1 heterocycles. The summed E-state index contributed by atoms with van der Waals surface area (Å²) in [7, 11) is 0. The maximum absolute atomic E-state index is 5.92. The second kappa shape index (κ2) is 4.94. The molecule has 3 nitrogen and oxygen atoms in total. The lowest BCUT2D eigenvalue weighted by molar-refractivity contribution is 0.666. The van der Waals surface area contributed by atoms with E-state index in [1.54, 1.807) is 0 Å². The summed E-state index contributed by atoms with van der Waals surface area (Å²) in [5.41, 5.74) is 6.93. The van der Waals surface area contributed by atoms with Crippen molar-refractivity contribution in [1.29, 1.82) is 0 Å². The van der Waals surface area contributed by atoms with Gasteiger partial charge in [-0.25, -0.2) is 4.98 Å². The maximum atomic E-state index is 5.92. The van der Waals surface area contributed by atoms with Crippen LogP contribution in [0.1, 0.15) is 19.0 Å². The van der Waals surface area contributed by atoms with Gasteiger partial charge in [0.05, 0.1) is 5.69 Å². The van der Waals surface area contributed by atoms with E-state index >= 15 is 0 Å². The summed E-state index contributed by atoms with van der Waals surface area (Å²) >= 11 is 0. The molecule has 0 aliphatic heterocycles. The Morgan fingerprint density at radius 2 is 2.12 bits per heavy atom. The molecular formula is C13H17N3. The summed E-state index contributed by atoms with van der Waals surface area (Å²) in [4.78, 5) is 4.39. The van der Waals surface area contributed by atoms with E-state index < -0.39 is 0 Å². The number of nitrogens with two attached hydrogens (primary N) is 1. The van der Waals surface area contributed by atoms with Gasteiger partial charge in [-0.3, -0.25) is 0 Å². The predicted molar refractivity (Wildman–Crippen MR) is 68.2 cm³/mol. The van der Waals surface area contributed by atoms with Gasteiger partial charge in [0.25, 0.3) is 0 Å². The molecule has 1 aromatic carbocycles. The van der Waals surface area contributed by atoms with Crippen LogP contribution in [0.2, 0.25) is 0 Å². The third-order valence-electron chi connectivity index (χ3n) is 2.56. The van der Waals surface area contributed by atoms with E-state index in [-0.39, 0.29) is 0 Å². The molecule has 16 heavy (non-hydrogen) atoms. The number of nitrogen functional groups attached to an aromatic ring is 1. The van der Waals surface area contributed by atoms with Gasteiger partial charge in [-0.15, -0.1) is 0 Å². The highest BCUT2D eigenvalue weighted by Crippen LogP contribution is 2.19. The third-order valence-corrected chi connectivity index (χ3v) is 2.56. The van der Waals surface area contributed by atoms with Gasteiger partial charge in [0.1, 0.15) is 5.82 Å². The van der Waals surface area contributed by atoms with E-state index in [0.29, 0.717) is 5.82 Å². The molecule has 0 spiro atoms. The summed E-state index contributed by atoms with van der Waals surface area (Å²) < 4.78 is 0. The number of rotatable bonds is 4. The average Bonchev–Trinajstić information content (AvgIpc) is 2.30. The highest BCUT2D eigenvalue weighted by atomic mass is 14.9. The fraction of sp³-hybridized carbons (Fsp3) is 0.308. The zero-order valence-corrected chi connectivity index (χ0v) is 9.53. The van der Waals surface area contributed by atoms with Crippen molar-refractivity contribution in [3.8, 4) is 0 Å². The van der Waals surface area contributed by atoms with Crippen LogP contribution in [0.25, 0.3) is 10.8 Å². The fourth-order valence-corrected chi connectivity index (χ4v) is 1.77. The standard InChI is InChI=1S/C13H17N3/c1-2-7-15-9-11-8-10-5-3-4-6-12(10)13(14)16-11/h3-6,8,15H,2,7,9H2,1H3,(H2,14,16). The zero-order valence-electron chi connectivity index (χ0n) is 9.53. The molecule has 2 aromatic rings. The van der Waals surface area contributed by atoms with Crippen LogP contribution < -0.4 is 11.1 Å². The third kappa shape index (κ3) is 2.31. The number of nitrogens with zero attached hydrogens (tertiary/aromatic N) is 1. The second-order valence-corrected chi connectivity index (χ2v) is 3.90. The number of hydrogen-bond donors (Lipinski definition) is 2. The minimum Gasteiger partial charge on any atom is -0.383 e. The summed E-state index contributed by atoms with van der Waals surface area (Å²) in [5.74, 6) is 0.617. The van der Waals surface area contributed by atoms with Gasteiger partial charge in [-0.1, -0.05) is 31.2 Å². The number of anilines is 1. The second-order valence-electron chi connectivity index (χ2n) is 3.90. The molecule has 84 valence electrons. The molecule has 0 radical (unpaired) electrons. The normalized spacial score (nSPS) is 10.8. The van der Waals surface area contributed by atoms with Crippen molar-refractivity contribution in [3.63, 3.8) is 0 Å². The van der Waals surface area contributed by atoms with Crippen molar-refractivity contribution in [1.82, 2.24) is 10.3 Å². The van der Waals surface area contributed by atoms with Crippen LogP contribution in [-0.2, 0) is 6.54 Å². The first kappa shape index (κ1) is 10.9. The van der Waals surface area contributed by atoms with Gasteiger partial charge in [-0.05, 0) is 24.4 Å². The molecular weight excluding hydrogens is 198 g/mol. The number of fused-ring (bicyclic) bond motifs is 1. The molecule has 0 unspecified atom stereocenters. The molecule has 0 amide bonds. The minimum absolute atomic E-state index is 0.617. The van der Waals surface area contributed by atoms with Crippen LogP contribution >= 0.6 is 0 Å². The maximum Gasteiger partial charge on any atom is 0.131 e. The summed E-state index contributed by atoms with van der Waals surface area (Å²) in [5, 5.41) is 5.51. The van der Waals surface area contributed by atoms with Crippen molar-refractivity contribution in [3.05, 3.63) is 36.0 Å². The monoisotopic (exact) mass is 215 g/mol. The highest BCUT2D eigenvalue weighted by molar-refractivity contribution is 5.91. The first-order valence-electron chi connectivity index (χ1n) is 5.66. The fourth-order valence-electron chi connectivity index (χ4n) is 1.77. The quantitative estimate of drug-likeness (QED) is 0.769. The van der Waals surface area contributed by atoms with E-state index in [9.17, 15) is 0 Å². The molecule has 3 heteroatoms. The number of aromatic nitrogens is 1. The Morgan fingerprint density at radius 3 is 2.94 bits per heavy atom. The molecule has 0 saturated heterocycles. The lowest BCUT2D eigenvalue weighted by Gasteiger charge is -2.06. The first-order chi connectivity index (χ1) is 7.81. The lowest BCUT2D eigenvalue weighted by atomic mass is 10.1. The Morgan fingerprint density at radius 1 is 1.31 bits per heavy atom. The van der Waals surface area contributed by atoms with Crippen LogP contribution in [0.15, 0.2) is 30.3 Å². The summed E-state index contributed by atoms with van der Waals surface area (Å²) in [6.45, 7) is 3.94. The predicted octanol–water partition coefficient (Wildman–Crippen LogP) is 2.32. The largest absolute Gasteiger partial charge is 0.383 e. The molecule has 0 saturated carbocycles. The van der Waals surface area contributed by atoms with Crippen LogP contribution in [0, 0.1) is 0 Å². The van der Waals surface area contributed by atoms with Crippen molar-refractivity contribution < 1.29 is 0 Å². The van der Waals surface area contributed by atoms with Gasteiger partial charge in [-0.2, -0.15) is 0 Å². The van der Waals surface area contributed by atoms with Gasteiger partial charge in [0, 0.05) is 11.9 Å². The van der Waals surface area contributed by atoms with Gasteiger partial charge >= 0.3 is 0 Å². The van der Waals surface area contributed by atoms with Crippen molar-refractivity contribution in [2.24, 2.45) is 0 Å². The lowest BCUT2D eigenvalue weighted by Crippen LogP contribution is -2.15. The molecule has 0 fully saturated rings. The zero-order chi connectivity index (χ0) is 11.4.